The molecule has 0 bridgehead atoms. The second-order valence-electron chi connectivity index (χ2n) is 32.2. The van der Waals surface area contributed by atoms with E-state index in [1.54, 1.807) is 36.7 Å². The van der Waals surface area contributed by atoms with E-state index in [9.17, 15) is 88.2 Å². The van der Waals surface area contributed by atoms with Gasteiger partial charge in [-0.1, -0.05) is 54.6 Å². The number of imidazole rings is 4. The van der Waals surface area contributed by atoms with E-state index in [0.29, 0.717) is 103 Å². The summed E-state index contributed by atoms with van der Waals surface area (Å²) in [7, 11) is 0. The van der Waals surface area contributed by atoms with Gasteiger partial charge >= 0.3 is 17.9 Å². The molecule has 0 spiro atoms. The Balaban J connectivity index is 0.000000275. The molecule has 4 aromatic carbocycles. The third-order valence-corrected chi connectivity index (χ3v) is 22.2. The van der Waals surface area contributed by atoms with Gasteiger partial charge in [0.05, 0.1) is 123 Å². The maximum Gasteiger partial charge on any atom is 0.338 e. The number of rotatable bonds is 55. The number of phenols is 3. The van der Waals surface area contributed by atoms with Gasteiger partial charge < -0.3 is 119 Å². The zero-order chi connectivity index (χ0) is 97.8. The van der Waals surface area contributed by atoms with Crippen LogP contribution in [0.15, 0.2) is 153 Å². The van der Waals surface area contributed by atoms with Crippen LogP contribution in [0.5, 0.6) is 17.2 Å². The molecule has 134 heavy (non-hydrogen) atoms. The minimum absolute atomic E-state index is 0.00588. The Labute approximate surface area is 774 Å². The van der Waals surface area contributed by atoms with Crippen LogP contribution < -0.4 is 114 Å². The van der Waals surface area contributed by atoms with Crippen molar-refractivity contribution in [2.24, 2.45) is 52.2 Å². The van der Waals surface area contributed by atoms with Crippen molar-refractivity contribution in [1.29, 1.82) is 0 Å². The van der Waals surface area contributed by atoms with Crippen molar-refractivity contribution in [3.8, 4) is 17.2 Å². The molecule has 720 valence electrons. The molecule has 0 aliphatic rings. The minimum Gasteiger partial charge on any atom is -0.548 e. The van der Waals surface area contributed by atoms with Crippen molar-refractivity contribution in [3.05, 3.63) is 198 Å². The number of aromatic amines is 5. The molecule has 9 aromatic rings. The van der Waals surface area contributed by atoms with Gasteiger partial charge in [0.2, 0.25) is 17.7 Å². The summed E-state index contributed by atoms with van der Waals surface area (Å²) < 4.78 is 0. The normalized spacial score (nSPS) is 13.7. The van der Waals surface area contributed by atoms with E-state index in [1.165, 1.54) is 104 Å². The number of hydrogen-bond donors (Lipinski definition) is 26. The minimum atomic E-state index is -1.51. The van der Waals surface area contributed by atoms with Gasteiger partial charge in [0, 0.05) is 122 Å². The molecular formula is C88H122N27O18S+3. The number of nitrogens with one attached hydrogen (secondary N) is 14. The summed E-state index contributed by atoms with van der Waals surface area (Å²) >= 11 is 1.43. The molecule has 12 unspecified atom stereocenters. The second-order valence-corrected chi connectivity index (χ2v) is 33.2. The summed E-state index contributed by atoms with van der Waals surface area (Å²) in [6.07, 6.45) is 17.7. The lowest BCUT2D eigenvalue weighted by Crippen LogP contribution is -2.78. The third-order valence-electron chi connectivity index (χ3n) is 21.5. The molecule has 0 fully saturated rings. The number of nitrogens with zero attached hydrogens (tertiary/aromatic N) is 4. The molecular weight excluding hydrogens is 1760 g/mol. The molecule has 38 N–H and O–H groups in total. The van der Waals surface area contributed by atoms with Gasteiger partial charge in [-0.25, -0.2) is 19.9 Å². The number of amides is 6. The maximum atomic E-state index is 13.9. The number of benzene rings is 4. The molecule has 0 radical (unpaired) electrons. The molecule has 0 aliphatic carbocycles. The summed E-state index contributed by atoms with van der Waals surface area (Å²) in [6, 6.07) is 16.5. The van der Waals surface area contributed by atoms with E-state index < -0.39 is 143 Å². The molecule has 5 heterocycles. The van der Waals surface area contributed by atoms with E-state index in [0.717, 1.165) is 10.9 Å². The first kappa shape index (κ1) is 106. The van der Waals surface area contributed by atoms with Crippen molar-refractivity contribution in [2.75, 3.05) is 31.6 Å². The largest absolute Gasteiger partial charge is 0.548 e. The van der Waals surface area contributed by atoms with Crippen LogP contribution in [-0.4, -0.2) is 235 Å². The number of H-pyrrole nitrogens is 5. The SMILES string of the molecule is CSCCC(NC(=O)C(CC(=O)C(CCC[NH+]=C(N)N)NC(=O)C([NH3+])CCC[NH+]=C(N)N)Cc1cnc[nH]1)C(=O)[O-].NC(N)=[NH+]CCCC([NH3+])C(=O)NC(Cc1ccc(O)cc1)C(=O)CC(Cc1cnc[nH]1)C(=O)NC(Cc1c[nH]c2ccccc12)C(=O)[O-].[NH3+]C(Cc1cnc[nH]1)C(=O)NC(Cc1ccc(O)cc1)C(=O)CC(Cc1cnc[nH]1)C(=O)NC(Cc1ccc(O)cc1)C(=O)[O-]. The number of quaternary nitrogens is 3. The maximum absolute atomic E-state index is 13.9. The monoisotopic (exact) mass is 1880 g/mol. The number of hydrogen-bond acceptors (Lipinski definition) is 23. The fourth-order valence-corrected chi connectivity index (χ4v) is 14.6. The van der Waals surface area contributed by atoms with E-state index >= 15 is 0 Å². The summed E-state index contributed by atoms with van der Waals surface area (Å²) in [5, 5.41) is 81.4. The number of aliphatic carboxylic acids is 3. The van der Waals surface area contributed by atoms with Crippen molar-refractivity contribution < 1.29 is 120 Å². The summed E-state index contributed by atoms with van der Waals surface area (Å²) in [4.78, 5) is 196. The first-order valence-corrected chi connectivity index (χ1v) is 44.5. The highest BCUT2D eigenvalue weighted by atomic mass is 32.2. The highest BCUT2D eigenvalue weighted by Crippen LogP contribution is 2.24. The fourth-order valence-electron chi connectivity index (χ4n) is 14.2. The average molecular weight is 1880 g/mol. The Kier molecular flexibility index (Phi) is 43.7. The van der Waals surface area contributed by atoms with Crippen LogP contribution >= 0.6 is 11.8 Å². The van der Waals surface area contributed by atoms with Crippen LogP contribution in [0.2, 0.25) is 0 Å². The lowest BCUT2D eigenvalue weighted by Gasteiger charge is -2.25. The number of Topliss-reactive ketones (excluding diaryl/α,β-unsaturated/α-hetero) is 3. The van der Waals surface area contributed by atoms with Crippen LogP contribution in [0, 0.1) is 17.8 Å². The van der Waals surface area contributed by atoms with Gasteiger partial charge in [-0.2, -0.15) is 11.8 Å². The highest BCUT2D eigenvalue weighted by molar-refractivity contribution is 7.98. The Morgan fingerprint density at radius 1 is 0.381 bits per heavy atom. The molecule has 0 aliphatic heterocycles. The number of aromatic hydroxyl groups is 3. The number of para-hydroxylation sites is 1. The van der Waals surface area contributed by atoms with Crippen molar-refractivity contribution >= 4 is 111 Å². The number of ketones is 3. The van der Waals surface area contributed by atoms with Gasteiger partial charge in [-0.05, 0) is 128 Å². The summed E-state index contributed by atoms with van der Waals surface area (Å²) in [5.41, 5.74) is 49.9. The van der Waals surface area contributed by atoms with Crippen LogP contribution in [0.3, 0.4) is 0 Å². The lowest BCUT2D eigenvalue weighted by atomic mass is 9.90. The first-order valence-electron chi connectivity index (χ1n) is 43.1. The second kappa shape index (κ2) is 55.2. The number of carboxylic acid groups (broad SMARTS) is 3. The number of carbonyl (C=O) groups is 12. The molecule has 46 heteroatoms. The third kappa shape index (κ3) is 37.8. The number of guanidine groups is 3. The Bertz CT molecular complexity index is 5320. The van der Waals surface area contributed by atoms with Crippen LogP contribution in [0.1, 0.15) is 109 Å². The van der Waals surface area contributed by atoms with Crippen LogP contribution in [0.4, 0.5) is 0 Å². The Morgan fingerprint density at radius 3 is 1.06 bits per heavy atom. The predicted octanol–water partition coefficient (Wildman–Crippen LogP) is -12.7. The van der Waals surface area contributed by atoms with Gasteiger partial charge in [0.1, 0.15) is 17.2 Å². The highest BCUT2D eigenvalue weighted by Gasteiger charge is 2.36. The number of phenolic OH excluding ortho intramolecular Hbond substituents is 3. The summed E-state index contributed by atoms with van der Waals surface area (Å²) in [5.74, 6) is -11.3. The van der Waals surface area contributed by atoms with E-state index in [4.69, 9.17) is 34.4 Å². The van der Waals surface area contributed by atoms with Gasteiger partial charge in [-0.15, -0.1) is 0 Å². The molecule has 0 saturated carbocycles. The van der Waals surface area contributed by atoms with Crippen LogP contribution in [-0.2, 0) is 109 Å². The van der Waals surface area contributed by atoms with Gasteiger partial charge in [0.15, 0.2) is 35.5 Å². The quantitative estimate of drug-likeness (QED) is 0.00956. The van der Waals surface area contributed by atoms with E-state index in [-0.39, 0.29) is 119 Å². The molecule has 45 nitrogen and oxygen atoms in total. The number of nitrogens with two attached hydrogens (primary N) is 6. The number of fused-ring (bicyclic) bond motifs is 1. The Hall–Kier alpha value is -15.1. The fraction of sp³-hybridized carbons (Fsp3) is 0.398. The summed E-state index contributed by atoms with van der Waals surface area (Å²) in [6.45, 7) is 1.26. The lowest BCUT2D eigenvalue weighted by molar-refractivity contribution is -0.463. The number of carboxylic acids is 3. The zero-order valence-electron chi connectivity index (χ0n) is 74.2. The standard InChI is InChI=1S/C33H41N9O6.C31H35N7O7.C24H43N11O5S/c34-25(5-3-11-38-33(35)36)31(46)41-27(12-19-7-9-23(43)10-8-19)29(44)15-20(13-22-17-37-18-40-22)30(45)42-28(32(47)48)14-21-16-39-26-6-2-1-4-24(21)26;32-25(13-22-15-34-17-36-22)30(43)37-26(9-18-1-5-23(39)6-2-18)28(41)12-20(11-21-14-33-16-35-21)29(42)38-27(31(44)45)10-19-3-7-24(40)8-4-19;1-41-9-6-18(22(39)40)35-20(37)14(10-15-12-30-13-33-15)11-19(36)17(5-3-8-32-24(28)29)34-21(38)16(25)4-2-7-31-23(26)27/h1-2,4,6-10,16-18,20,25,27-28,39,43H,3,5,11-15,34H2,(H,37,40)(H,41,46)(H,42,45)(H,47,48)(H4,35,36,38);1-8,14-17,20,25-27,39-40H,9-13,32H2,(H,33,35)(H,34,36)(H,37,43)(H,38,42)(H,44,45);12-14,16-18H,2-11,25H2,1H3,(H,30,33)(H,34,38)(H,35,37)(H,39,40)(H4,26,27,31)(H4,28,29,32)/p+3. The van der Waals surface area contributed by atoms with E-state index in [1.807, 2.05) is 30.5 Å². The molecule has 12 atom stereocenters. The zero-order valence-corrected chi connectivity index (χ0v) is 75.0. The number of aromatic nitrogens is 9. The predicted molar refractivity (Wildman–Crippen MR) is 481 cm³/mol. The number of thioether (sulfide) groups is 1. The Morgan fingerprint density at radius 2 is 0.701 bits per heavy atom. The first-order chi connectivity index (χ1) is 64.0. The number of carbonyl (C=O) groups excluding carboxylic acids is 12. The molecule has 5 aromatic heterocycles. The average Bonchev–Trinajstić information content (AvgIpc) is 1.65. The van der Waals surface area contributed by atoms with E-state index in [2.05, 4.69) is 109 Å². The van der Waals surface area contributed by atoms with Crippen LogP contribution in [0.25, 0.3) is 10.9 Å². The smallest absolute Gasteiger partial charge is 0.338 e. The van der Waals surface area contributed by atoms with Crippen molar-refractivity contribution in [1.82, 2.24) is 76.8 Å². The molecule has 6 amide bonds. The van der Waals surface area contributed by atoms with Crippen molar-refractivity contribution in [2.45, 2.75) is 170 Å². The molecule has 0 saturated heterocycles. The van der Waals surface area contributed by atoms with Crippen molar-refractivity contribution in [3.63, 3.8) is 0 Å². The van der Waals surface area contributed by atoms with Gasteiger partial charge in [0.25, 0.3) is 17.7 Å². The van der Waals surface area contributed by atoms with Gasteiger partial charge in [-0.3, -0.25) is 92.5 Å². The topological polar surface area (TPSA) is 818 Å². The molecule has 9 rings (SSSR count).